The number of benzene rings is 5. The van der Waals surface area contributed by atoms with Crippen LogP contribution < -0.4 is 15.9 Å². The minimum absolute atomic E-state index is 0.577. The summed E-state index contributed by atoms with van der Waals surface area (Å²) in [5.74, 6) is 0. The zero-order valence-electron chi connectivity index (χ0n) is 41.6. The van der Waals surface area contributed by atoms with Gasteiger partial charge in [-0.15, -0.1) is 22.7 Å². The Morgan fingerprint density at radius 2 is 0.986 bits per heavy atom. The quantitative estimate of drug-likeness (QED) is 0.0752. The Balaban J connectivity index is 0.957. The monoisotopic (exact) mass is 1370 g/mol. The summed E-state index contributed by atoms with van der Waals surface area (Å²) in [4.78, 5) is 5.18. The van der Waals surface area contributed by atoms with Gasteiger partial charge in [0.2, 0.25) is 0 Å². The minimum atomic E-state index is -2.43. The van der Waals surface area contributed by atoms with Gasteiger partial charge >= 0.3 is 379 Å². The van der Waals surface area contributed by atoms with Crippen LogP contribution in [0.5, 0.6) is 0 Å². The van der Waals surface area contributed by atoms with E-state index < -0.39 is 7.26 Å². The molecule has 9 rings (SSSR count). The Morgan fingerprint density at radius 1 is 0.500 bits per heavy atom. The second kappa shape index (κ2) is 26.0. The molecule has 0 spiro atoms. The van der Waals surface area contributed by atoms with E-state index in [4.69, 9.17) is 9.47 Å². The van der Waals surface area contributed by atoms with Crippen LogP contribution >= 0.6 is 29.9 Å². The van der Waals surface area contributed by atoms with E-state index in [9.17, 15) is 0 Å². The van der Waals surface area contributed by atoms with Gasteiger partial charge in [0, 0.05) is 19.5 Å². The molecule has 0 N–H and O–H groups in total. The van der Waals surface area contributed by atoms with E-state index in [1.807, 2.05) is 40.6 Å². The third-order valence-electron chi connectivity index (χ3n) is 13.0. The summed E-state index contributed by atoms with van der Waals surface area (Å²) >= 11 is 7.24. The molecule has 0 atom stereocenters. The first kappa shape index (κ1) is 52.9. The van der Waals surface area contributed by atoms with Crippen LogP contribution in [0.4, 0.5) is 0 Å². The van der Waals surface area contributed by atoms with E-state index in [1.165, 1.54) is 68.6 Å². The van der Waals surface area contributed by atoms with Crippen LogP contribution in [0, 0.1) is 8.74 Å². The molecule has 0 aliphatic carbocycles. The van der Waals surface area contributed by atoms with Crippen molar-refractivity contribution in [1.29, 1.82) is 0 Å². The number of allylic oxidation sites excluding steroid dienone is 12. The molecule has 7 heteroatoms. The topological polar surface area (TPSA) is 18.5 Å². The molecule has 74 heavy (non-hydrogen) atoms. The van der Waals surface area contributed by atoms with Crippen LogP contribution in [0.15, 0.2) is 257 Å². The first-order valence-corrected chi connectivity index (χ1v) is 30.6. The van der Waals surface area contributed by atoms with Crippen molar-refractivity contribution in [3.8, 4) is 28.9 Å². The standard InChI is InChI=1S/C67H56O2PS2.2Os/c1-6-18-64-39-40-66(71-64)67-42-41-65(72-67)55-35-31-51(32-36-55)19-17-20-58-46-69-48-60(58)43-56(49(3)4)37-33-52-27-29-53(30-28-52)34-38-57(44-59-47-68-45-54(59)7-2)50(5)70(61-21-11-8-12-22-61,62-23-13-9-14-24-62)63-25-15-10-16-26-63;;/h6-44H,45-48H2,1-3H3;;/q+1;;/b18-6+,19-17+,37-33+,38-34+,54-7?,56-49?,57-50?,58-20?,59-44?,60-43?;;. The van der Waals surface area contributed by atoms with E-state index in [0.29, 0.717) is 26.4 Å². The molecule has 368 valence electrons. The maximum atomic E-state index is 6.03. The van der Waals surface area contributed by atoms with Crippen LogP contribution in [-0.4, -0.2) is 26.4 Å². The van der Waals surface area contributed by atoms with Gasteiger partial charge in [0.25, 0.3) is 0 Å². The summed E-state index contributed by atoms with van der Waals surface area (Å²) in [7, 11) is -2.43. The first-order chi connectivity index (χ1) is 36.4. The summed E-state index contributed by atoms with van der Waals surface area (Å²) in [6.45, 7) is 8.66. The molecule has 0 unspecified atom stereocenters. The second-order valence-electron chi connectivity index (χ2n) is 17.7. The number of thiophene rings is 2. The molecule has 2 aromatic heterocycles. The van der Waals surface area contributed by atoms with Crippen LogP contribution in [0.25, 0.3) is 44.5 Å². The van der Waals surface area contributed by atoms with E-state index in [0.717, 1.165) is 33.4 Å². The van der Waals surface area contributed by atoms with Crippen molar-refractivity contribution in [3.63, 3.8) is 0 Å². The third kappa shape index (κ3) is 12.6. The molecule has 7 aromatic rings. The van der Waals surface area contributed by atoms with E-state index in [-0.39, 0.29) is 0 Å². The van der Waals surface area contributed by atoms with E-state index >= 15 is 0 Å². The predicted octanol–water partition coefficient (Wildman–Crippen LogP) is 16.3. The van der Waals surface area contributed by atoms with Crippen LogP contribution in [0.1, 0.15) is 42.3 Å². The molecule has 2 nitrogen and oxygen atoms in total. The number of hydrogen-bond acceptors (Lipinski definition) is 4. The summed E-state index contributed by atoms with van der Waals surface area (Å²) in [5, 5.41) is 5.07. The predicted molar refractivity (Wildman–Crippen MR) is 314 cm³/mol. The van der Waals surface area contributed by atoms with Gasteiger partial charge in [0.05, 0.1) is 0 Å². The van der Waals surface area contributed by atoms with Crippen LogP contribution in [-0.2, 0) is 45.4 Å². The third-order valence-corrected chi connectivity index (χ3v) is 21.7. The van der Waals surface area contributed by atoms with Crippen molar-refractivity contribution < 1.29 is 45.4 Å². The van der Waals surface area contributed by atoms with Crippen molar-refractivity contribution in [1.82, 2.24) is 0 Å². The van der Waals surface area contributed by atoms with E-state index in [2.05, 4.69) is 266 Å². The molecule has 2 aliphatic rings. The Labute approximate surface area is 466 Å². The van der Waals surface area contributed by atoms with Crippen molar-refractivity contribution >= 4 is 70.2 Å². The van der Waals surface area contributed by atoms with Gasteiger partial charge in [-0.25, -0.2) is 0 Å². The zero-order valence-corrected chi connectivity index (χ0v) is 49.2. The Bertz CT molecular complexity index is 3410. The van der Waals surface area contributed by atoms with Crippen molar-refractivity contribution in [2.75, 3.05) is 26.4 Å². The SMILES string of the molecule is CC=C1COCC1=CC(/C=C/c1ccc(/C=C/C(C=C2COCC2=C/C=C/c2ccc(-c3ccc(-c4ccc(/C=C/C)s4)s3)cc2)=C(C)[C]#[Os])cc1)=C([C]#[Os])[P+](c1ccccc1)(c1ccccc1)c1ccccc1. The van der Waals surface area contributed by atoms with Gasteiger partial charge in [-0.1, -0.05) is 6.08 Å². The summed E-state index contributed by atoms with van der Waals surface area (Å²) in [6, 6.07) is 59.6. The van der Waals surface area contributed by atoms with Crippen molar-refractivity contribution in [3.05, 3.63) is 278 Å². The number of hydrogen-bond donors (Lipinski definition) is 0. The molecule has 4 heterocycles. The zero-order chi connectivity index (χ0) is 51.1. The summed E-state index contributed by atoms with van der Waals surface area (Å²) in [6.07, 6.45) is 26.5. The van der Waals surface area contributed by atoms with Gasteiger partial charge in [0.1, 0.15) is 0 Å². The second-order valence-corrected chi connectivity index (χ2v) is 24.6. The van der Waals surface area contributed by atoms with Gasteiger partial charge in [-0.3, -0.25) is 0 Å². The average molecular weight is 1370 g/mol. The normalized spacial score (nSPS) is 17.1. The molecule has 2 saturated heterocycles. The van der Waals surface area contributed by atoms with Crippen LogP contribution in [0.3, 0.4) is 0 Å². The van der Waals surface area contributed by atoms with Crippen LogP contribution in [0.2, 0.25) is 0 Å². The molecule has 2 fully saturated rings. The molecule has 0 saturated carbocycles. The first-order valence-electron chi connectivity index (χ1n) is 24.6. The average Bonchev–Trinajstić information content (AvgIpc) is 4.32. The summed E-state index contributed by atoms with van der Waals surface area (Å²) in [5.41, 5.74) is 12.8. The Kier molecular flexibility index (Phi) is 18.6. The molecule has 0 bridgehead atoms. The molecule has 2 aliphatic heterocycles. The fourth-order valence-electron chi connectivity index (χ4n) is 9.09. The van der Waals surface area contributed by atoms with Crippen molar-refractivity contribution in [2.45, 2.75) is 20.8 Å². The van der Waals surface area contributed by atoms with Gasteiger partial charge in [0.15, 0.2) is 0 Å². The Morgan fingerprint density at radius 3 is 1.55 bits per heavy atom. The fourth-order valence-corrected chi connectivity index (χ4v) is 17.4. The maximum absolute atomic E-state index is 6.03. The molecular weight excluding hydrogens is 1310 g/mol. The fraction of sp³-hybridized carbons (Fsp3) is 0.104. The number of rotatable bonds is 15. The van der Waals surface area contributed by atoms with Gasteiger partial charge in [-0.2, -0.15) is 0 Å². The number of ether oxygens (including phenoxy) is 2. The Hall–Kier alpha value is -5.92. The van der Waals surface area contributed by atoms with E-state index in [1.54, 1.807) is 17.9 Å². The molecule has 0 radical (unpaired) electrons. The van der Waals surface area contributed by atoms with Crippen molar-refractivity contribution in [2.24, 2.45) is 0 Å². The molecular formula is C67H56O2Os2PS2+. The van der Waals surface area contributed by atoms with Gasteiger partial charge < -0.3 is 0 Å². The summed E-state index contributed by atoms with van der Waals surface area (Å²) < 4.78 is 19.3. The molecule has 0 amide bonds. The molecule has 5 aromatic carbocycles. The van der Waals surface area contributed by atoms with Gasteiger partial charge in [-0.05, 0) is 42.8 Å².